The smallest absolute Gasteiger partial charge is 0.306 e. The average Bonchev–Trinajstić information content (AvgIpc) is 3.10. The Morgan fingerprint density at radius 1 is 1.21 bits per heavy atom. The molecule has 1 N–H and O–H groups in total. The molecule has 128 valence electrons. The highest BCUT2D eigenvalue weighted by Gasteiger charge is 2.27. The molecule has 0 unspecified atom stereocenters. The second kappa shape index (κ2) is 7.47. The standard InChI is InChI=1S/C18H22N2O4/c21-16-11-20(15-8-4-3-7-14(15)19-16)17(22)12-24-18(23)10-9-13-5-1-2-6-13/h3-4,7-8,13H,1-2,5-6,9-12H2,(H,19,21). The van der Waals surface area contributed by atoms with Crippen LogP contribution in [-0.2, 0) is 19.1 Å². The number of amides is 2. The fourth-order valence-electron chi connectivity index (χ4n) is 3.37. The van der Waals surface area contributed by atoms with Crippen molar-refractivity contribution in [3.63, 3.8) is 0 Å². The Hall–Kier alpha value is -2.37. The number of ether oxygens (including phenoxy) is 1. The molecule has 1 fully saturated rings. The quantitative estimate of drug-likeness (QED) is 0.842. The highest BCUT2D eigenvalue weighted by molar-refractivity contribution is 6.10. The summed E-state index contributed by atoms with van der Waals surface area (Å²) in [5.74, 6) is -0.364. The summed E-state index contributed by atoms with van der Waals surface area (Å²) >= 11 is 0. The Balaban J connectivity index is 1.51. The van der Waals surface area contributed by atoms with Crippen LogP contribution in [-0.4, -0.2) is 30.9 Å². The second-order valence-corrected chi connectivity index (χ2v) is 6.40. The van der Waals surface area contributed by atoms with Gasteiger partial charge in [0.1, 0.15) is 6.54 Å². The maximum Gasteiger partial charge on any atom is 0.306 e. The van der Waals surface area contributed by atoms with Gasteiger partial charge in [-0.25, -0.2) is 0 Å². The van der Waals surface area contributed by atoms with Gasteiger partial charge in [-0.05, 0) is 24.5 Å². The van der Waals surface area contributed by atoms with Crippen LogP contribution in [0.4, 0.5) is 11.4 Å². The highest BCUT2D eigenvalue weighted by Crippen LogP contribution is 2.29. The van der Waals surface area contributed by atoms with Crippen LogP contribution in [0, 0.1) is 5.92 Å². The minimum absolute atomic E-state index is 0.0600. The van der Waals surface area contributed by atoms with Crippen molar-refractivity contribution in [1.82, 2.24) is 0 Å². The minimum atomic E-state index is -0.383. The molecule has 24 heavy (non-hydrogen) atoms. The van der Waals surface area contributed by atoms with Crippen LogP contribution in [0.2, 0.25) is 0 Å². The van der Waals surface area contributed by atoms with Gasteiger partial charge in [-0.3, -0.25) is 19.3 Å². The second-order valence-electron chi connectivity index (χ2n) is 6.40. The summed E-state index contributed by atoms with van der Waals surface area (Å²) in [6.07, 6.45) is 6.05. The normalized spacial score (nSPS) is 17.3. The molecule has 1 saturated carbocycles. The van der Waals surface area contributed by atoms with Crippen LogP contribution >= 0.6 is 0 Å². The van der Waals surface area contributed by atoms with Crippen LogP contribution in [0.1, 0.15) is 38.5 Å². The number of esters is 1. The van der Waals surface area contributed by atoms with Gasteiger partial charge in [-0.2, -0.15) is 0 Å². The SMILES string of the molecule is O=C1CN(C(=O)COC(=O)CCC2CCCC2)c2ccccc2N1. The monoisotopic (exact) mass is 330 g/mol. The van der Waals surface area contributed by atoms with Gasteiger partial charge in [-0.15, -0.1) is 0 Å². The molecule has 0 aromatic heterocycles. The third kappa shape index (κ3) is 3.93. The number of carbonyl (C=O) groups excluding carboxylic acids is 3. The number of anilines is 2. The lowest BCUT2D eigenvalue weighted by Gasteiger charge is -2.28. The number of nitrogens with one attached hydrogen (secondary N) is 1. The third-order valence-electron chi connectivity index (χ3n) is 4.66. The zero-order valence-corrected chi connectivity index (χ0v) is 13.6. The van der Waals surface area contributed by atoms with E-state index in [1.165, 1.54) is 30.6 Å². The molecule has 2 aliphatic rings. The molecule has 1 aliphatic carbocycles. The minimum Gasteiger partial charge on any atom is -0.456 e. The first-order valence-corrected chi connectivity index (χ1v) is 8.48. The molecule has 6 nitrogen and oxygen atoms in total. The summed E-state index contributed by atoms with van der Waals surface area (Å²) in [5.41, 5.74) is 1.22. The Morgan fingerprint density at radius 2 is 1.96 bits per heavy atom. The Labute approximate surface area is 141 Å². The molecule has 1 aromatic carbocycles. The zero-order valence-electron chi connectivity index (χ0n) is 13.6. The van der Waals surface area contributed by atoms with Crippen molar-refractivity contribution >= 4 is 29.2 Å². The lowest BCUT2D eigenvalue weighted by Crippen LogP contribution is -2.44. The van der Waals surface area contributed by atoms with E-state index in [2.05, 4.69) is 5.32 Å². The van der Waals surface area contributed by atoms with Crippen molar-refractivity contribution in [3.8, 4) is 0 Å². The van der Waals surface area contributed by atoms with Crippen molar-refractivity contribution in [2.75, 3.05) is 23.4 Å². The highest BCUT2D eigenvalue weighted by atomic mass is 16.5. The lowest BCUT2D eigenvalue weighted by atomic mass is 10.0. The van der Waals surface area contributed by atoms with E-state index in [4.69, 9.17) is 4.74 Å². The topological polar surface area (TPSA) is 75.7 Å². The van der Waals surface area contributed by atoms with Crippen LogP contribution < -0.4 is 10.2 Å². The van der Waals surface area contributed by atoms with Gasteiger partial charge in [0, 0.05) is 6.42 Å². The molecule has 0 saturated heterocycles. The predicted octanol–water partition coefficient (Wildman–Crippen LogP) is 2.49. The first-order chi connectivity index (χ1) is 11.6. The maximum absolute atomic E-state index is 12.3. The summed E-state index contributed by atoms with van der Waals surface area (Å²) in [7, 11) is 0. The molecule has 0 radical (unpaired) electrons. The fourth-order valence-corrected chi connectivity index (χ4v) is 3.37. The molecular weight excluding hydrogens is 308 g/mol. The first kappa shape index (κ1) is 16.5. The number of nitrogens with zero attached hydrogens (tertiary/aromatic N) is 1. The van der Waals surface area contributed by atoms with Crippen molar-refractivity contribution < 1.29 is 19.1 Å². The van der Waals surface area contributed by atoms with Gasteiger partial charge in [-0.1, -0.05) is 37.8 Å². The molecule has 6 heteroatoms. The third-order valence-corrected chi connectivity index (χ3v) is 4.66. The lowest BCUT2D eigenvalue weighted by molar-refractivity contribution is -0.148. The van der Waals surface area contributed by atoms with Gasteiger partial charge in [0.25, 0.3) is 5.91 Å². The number of hydrogen-bond acceptors (Lipinski definition) is 4. The molecule has 0 bridgehead atoms. The predicted molar refractivity (Wildman–Crippen MR) is 89.6 cm³/mol. The van der Waals surface area contributed by atoms with E-state index < -0.39 is 0 Å². The van der Waals surface area contributed by atoms with Gasteiger partial charge in [0.2, 0.25) is 5.91 Å². The largest absolute Gasteiger partial charge is 0.456 e. The summed E-state index contributed by atoms with van der Waals surface area (Å²) in [6, 6.07) is 7.08. The van der Waals surface area contributed by atoms with E-state index >= 15 is 0 Å². The molecule has 2 amide bonds. The fraction of sp³-hybridized carbons (Fsp3) is 0.500. The Morgan fingerprint density at radius 3 is 2.75 bits per heavy atom. The molecule has 1 aromatic rings. The number of fused-ring (bicyclic) bond motifs is 1. The van der Waals surface area contributed by atoms with E-state index in [0.717, 1.165) is 6.42 Å². The Kier molecular flexibility index (Phi) is 5.13. The molecule has 3 rings (SSSR count). The van der Waals surface area contributed by atoms with Gasteiger partial charge in [0.15, 0.2) is 6.61 Å². The van der Waals surface area contributed by atoms with Gasteiger partial charge in [0.05, 0.1) is 11.4 Å². The number of para-hydroxylation sites is 2. The van der Waals surface area contributed by atoms with Crippen molar-refractivity contribution in [1.29, 1.82) is 0 Å². The number of carbonyl (C=O) groups is 3. The summed E-state index contributed by atoms with van der Waals surface area (Å²) in [5, 5.41) is 2.72. The Bertz CT molecular complexity index is 638. The summed E-state index contributed by atoms with van der Waals surface area (Å²) < 4.78 is 5.11. The summed E-state index contributed by atoms with van der Waals surface area (Å²) in [6.45, 7) is -0.388. The number of rotatable bonds is 5. The van der Waals surface area contributed by atoms with Crippen molar-refractivity contribution in [2.24, 2.45) is 5.92 Å². The van der Waals surface area contributed by atoms with Crippen molar-refractivity contribution in [3.05, 3.63) is 24.3 Å². The zero-order chi connectivity index (χ0) is 16.9. The van der Waals surface area contributed by atoms with Gasteiger partial charge < -0.3 is 10.1 Å². The van der Waals surface area contributed by atoms with Crippen LogP contribution in [0.5, 0.6) is 0 Å². The van der Waals surface area contributed by atoms with E-state index in [1.807, 2.05) is 0 Å². The molecule has 1 heterocycles. The van der Waals surface area contributed by atoms with E-state index in [1.54, 1.807) is 24.3 Å². The van der Waals surface area contributed by atoms with Crippen LogP contribution in [0.15, 0.2) is 24.3 Å². The molecule has 1 aliphatic heterocycles. The van der Waals surface area contributed by atoms with E-state index in [9.17, 15) is 14.4 Å². The maximum atomic E-state index is 12.3. The van der Waals surface area contributed by atoms with Crippen LogP contribution in [0.25, 0.3) is 0 Å². The van der Waals surface area contributed by atoms with Crippen molar-refractivity contribution in [2.45, 2.75) is 38.5 Å². The van der Waals surface area contributed by atoms with E-state index in [-0.39, 0.29) is 30.9 Å². The number of benzene rings is 1. The average molecular weight is 330 g/mol. The molecule has 0 spiro atoms. The first-order valence-electron chi connectivity index (χ1n) is 8.48. The van der Waals surface area contributed by atoms with Crippen LogP contribution in [0.3, 0.4) is 0 Å². The summed E-state index contributed by atoms with van der Waals surface area (Å²) in [4.78, 5) is 37.2. The number of hydrogen-bond donors (Lipinski definition) is 1. The molecule has 0 atom stereocenters. The van der Waals surface area contributed by atoms with E-state index in [0.29, 0.717) is 23.7 Å². The van der Waals surface area contributed by atoms with Gasteiger partial charge >= 0.3 is 5.97 Å². The molecular formula is C18H22N2O4.